The van der Waals surface area contributed by atoms with E-state index < -0.39 is 11.7 Å². The van der Waals surface area contributed by atoms with Gasteiger partial charge in [0.1, 0.15) is 11.6 Å². The summed E-state index contributed by atoms with van der Waals surface area (Å²) >= 11 is 0. The van der Waals surface area contributed by atoms with Gasteiger partial charge in [0.2, 0.25) is 5.89 Å². The van der Waals surface area contributed by atoms with E-state index in [0.29, 0.717) is 16.9 Å². The zero-order valence-electron chi connectivity index (χ0n) is 12.1. The Bertz CT molecular complexity index is 848. The molecule has 1 N–H and O–H groups in total. The number of nitrogens with zero attached hydrogens (tertiary/aromatic N) is 2. The van der Waals surface area contributed by atoms with E-state index in [9.17, 15) is 9.18 Å². The molecule has 0 radical (unpaired) electrons. The highest BCUT2D eigenvalue weighted by molar-refractivity contribution is 6.03. The largest absolute Gasteiger partial charge is 0.497 e. The summed E-state index contributed by atoms with van der Waals surface area (Å²) in [5.41, 5.74) is 0.814. The van der Waals surface area contributed by atoms with Gasteiger partial charge in [-0.05, 0) is 36.4 Å². The van der Waals surface area contributed by atoms with Crippen LogP contribution < -0.4 is 10.1 Å². The number of methoxy groups -OCH3 is 1. The third-order valence-corrected chi connectivity index (χ3v) is 3.05. The molecular formula is C16H12FN3O3. The monoisotopic (exact) mass is 313 g/mol. The Labute approximate surface area is 130 Å². The molecular weight excluding hydrogens is 301 g/mol. The van der Waals surface area contributed by atoms with Crippen molar-refractivity contribution >= 4 is 11.9 Å². The minimum Gasteiger partial charge on any atom is -0.497 e. The smallest absolute Gasteiger partial charge is 0.322 e. The van der Waals surface area contributed by atoms with E-state index in [1.807, 2.05) is 0 Å². The zero-order valence-corrected chi connectivity index (χ0v) is 12.1. The van der Waals surface area contributed by atoms with Gasteiger partial charge in [-0.1, -0.05) is 17.2 Å². The molecule has 0 fully saturated rings. The lowest BCUT2D eigenvalue weighted by atomic mass is 10.2. The molecule has 0 aliphatic heterocycles. The molecule has 0 bridgehead atoms. The van der Waals surface area contributed by atoms with Crippen LogP contribution >= 0.6 is 0 Å². The van der Waals surface area contributed by atoms with E-state index in [1.54, 1.807) is 30.3 Å². The van der Waals surface area contributed by atoms with E-state index in [1.165, 1.54) is 25.3 Å². The minimum atomic E-state index is -0.418. The van der Waals surface area contributed by atoms with Crippen LogP contribution in [0, 0.1) is 5.82 Å². The quantitative estimate of drug-likeness (QED) is 0.800. The summed E-state index contributed by atoms with van der Waals surface area (Å²) in [5, 5.41) is 10.00. The molecule has 3 aromatic rings. The third kappa shape index (κ3) is 3.34. The average molecular weight is 313 g/mol. The van der Waals surface area contributed by atoms with Gasteiger partial charge in [0.05, 0.1) is 7.11 Å². The van der Waals surface area contributed by atoms with E-state index in [4.69, 9.17) is 9.15 Å². The number of halogens is 1. The van der Waals surface area contributed by atoms with Crippen molar-refractivity contribution in [3.8, 4) is 17.2 Å². The third-order valence-electron chi connectivity index (χ3n) is 3.05. The molecule has 7 heteroatoms. The van der Waals surface area contributed by atoms with Crippen LogP contribution in [0.15, 0.2) is 52.9 Å². The molecule has 0 atom stereocenters. The molecule has 1 aromatic heterocycles. The predicted octanol–water partition coefficient (Wildman–Crippen LogP) is 3.14. The Balaban J connectivity index is 1.77. The van der Waals surface area contributed by atoms with Crippen molar-refractivity contribution in [1.29, 1.82) is 0 Å². The molecule has 0 aliphatic rings. The normalized spacial score (nSPS) is 10.3. The first-order valence-corrected chi connectivity index (χ1v) is 6.70. The Hall–Kier alpha value is -3.22. The molecule has 23 heavy (non-hydrogen) atoms. The number of benzene rings is 2. The first kappa shape index (κ1) is 14.7. The molecule has 0 saturated carbocycles. The van der Waals surface area contributed by atoms with Gasteiger partial charge in [0.25, 0.3) is 5.91 Å². The second-order valence-electron chi connectivity index (χ2n) is 4.61. The summed E-state index contributed by atoms with van der Waals surface area (Å²) in [5.74, 6) is -0.157. The highest BCUT2D eigenvalue weighted by Crippen LogP contribution is 2.21. The fraction of sp³-hybridized carbons (Fsp3) is 0.0625. The predicted molar refractivity (Wildman–Crippen MR) is 80.6 cm³/mol. The first-order chi connectivity index (χ1) is 11.2. The second-order valence-corrected chi connectivity index (χ2v) is 4.61. The highest BCUT2D eigenvalue weighted by atomic mass is 19.1. The number of rotatable bonds is 4. The van der Waals surface area contributed by atoms with Crippen LogP contribution in [0.2, 0.25) is 0 Å². The van der Waals surface area contributed by atoms with Crippen molar-refractivity contribution in [3.05, 3.63) is 59.9 Å². The van der Waals surface area contributed by atoms with Gasteiger partial charge in [0.15, 0.2) is 0 Å². The second kappa shape index (κ2) is 6.27. The summed E-state index contributed by atoms with van der Waals surface area (Å²) in [6.45, 7) is 0. The van der Waals surface area contributed by atoms with Crippen LogP contribution in [-0.4, -0.2) is 23.2 Å². The van der Waals surface area contributed by atoms with Crippen LogP contribution in [0.4, 0.5) is 10.4 Å². The molecule has 0 unspecified atom stereocenters. The number of hydrogen-bond donors (Lipinski definition) is 1. The van der Waals surface area contributed by atoms with Gasteiger partial charge in [-0.3, -0.25) is 10.1 Å². The number of carbonyl (C=O) groups is 1. The molecule has 3 rings (SSSR count). The van der Waals surface area contributed by atoms with E-state index in [0.717, 1.165) is 0 Å². The molecule has 1 amide bonds. The van der Waals surface area contributed by atoms with Gasteiger partial charge >= 0.3 is 6.01 Å². The van der Waals surface area contributed by atoms with Crippen molar-refractivity contribution in [2.24, 2.45) is 0 Å². The lowest BCUT2D eigenvalue weighted by Gasteiger charge is -2.03. The van der Waals surface area contributed by atoms with Gasteiger partial charge in [-0.25, -0.2) is 4.39 Å². The number of hydrogen-bond acceptors (Lipinski definition) is 5. The lowest BCUT2D eigenvalue weighted by Crippen LogP contribution is -2.12. The fourth-order valence-electron chi connectivity index (χ4n) is 1.95. The van der Waals surface area contributed by atoms with Crippen molar-refractivity contribution in [2.75, 3.05) is 12.4 Å². The molecule has 116 valence electrons. The zero-order chi connectivity index (χ0) is 16.2. The van der Waals surface area contributed by atoms with Crippen molar-refractivity contribution in [3.63, 3.8) is 0 Å². The van der Waals surface area contributed by atoms with Crippen LogP contribution in [-0.2, 0) is 0 Å². The Morgan fingerprint density at radius 2 is 2.00 bits per heavy atom. The topological polar surface area (TPSA) is 77.2 Å². The maximum atomic E-state index is 13.2. The summed E-state index contributed by atoms with van der Waals surface area (Å²) in [6, 6.07) is 12.3. The standard InChI is InChI=1S/C16H12FN3O3/c1-22-13-7-3-4-10(9-13)14(21)18-16-20-19-15(23-16)11-5-2-6-12(17)8-11/h2-9H,1H3,(H,18,20,21). The highest BCUT2D eigenvalue weighted by Gasteiger charge is 2.13. The first-order valence-electron chi connectivity index (χ1n) is 6.70. The van der Waals surface area contributed by atoms with E-state index >= 15 is 0 Å². The van der Waals surface area contributed by atoms with Gasteiger partial charge in [-0.2, -0.15) is 0 Å². The number of amides is 1. The number of anilines is 1. The van der Waals surface area contributed by atoms with Crippen LogP contribution in [0.1, 0.15) is 10.4 Å². The van der Waals surface area contributed by atoms with E-state index in [-0.39, 0.29) is 11.9 Å². The van der Waals surface area contributed by atoms with Crippen molar-refractivity contribution in [1.82, 2.24) is 10.2 Å². The molecule has 6 nitrogen and oxygen atoms in total. The molecule has 2 aromatic carbocycles. The maximum absolute atomic E-state index is 13.2. The Kier molecular flexibility index (Phi) is 4.01. The summed E-state index contributed by atoms with van der Waals surface area (Å²) in [7, 11) is 1.51. The van der Waals surface area contributed by atoms with Crippen LogP contribution in [0.5, 0.6) is 5.75 Å². The Morgan fingerprint density at radius 3 is 2.78 bits per heavy atom. The fourth-order valence-corrected chi connectivity index (χ4v) is 1.95. The number of aromatic nitrogens is 2. The van der Waals surface area contributed by atoms with E-state index in [2.05, 4.69) is 15.5 Å². The van der Waals surface area contributed by atoms with Crippen molar-refractivity contribution < 1.29 is 18.3 Å². The molecule has 0 saturated heterocycles. The molecule has 1 heterocycles. The minimum absolute atomic E-state index is 0.0721. The molecule has 0 aliphatic carbocycles. The van der Waals surface area contributed by atoms with Gasteiger partial charge in [-0.15, -0.1) is 5.10 Å². The van der Waals surface area contributed by atoms with Crippen molar-refractivity contribution in [2.45, 2.75) is 0 Å². The SMILES string of the molecule is COc1cccc(C(=O)Nc2nnc(-c3cccc(F)c3)o2)c1. The Morgan fingerprint density at radius 1 is 1.17 bits per heavy atom. The molecule has 0 spiro atoms. The van der Waals surface area contributed by atoms with Crippen LogP contribution in [0.25, 0.3) is 11.5 Å². The summed E-state index contributed by atoms with van der Waals surface area (Å²) < 4.78 is 23.6. The lowest BCUT2D eigenvalue weighted by molar-refractivity contribution is 0.102. The summed E-state index contributed by atoms with van der Waals surface area (Å²) in [6.07, 6.45) is 0. The number of nitrogens with one attached hydrogen (secondary N) is 1. The number of carbonyl (C=O) groups excluding carboxylic acids is 1. The number of ether oxygens (including phenoxy) is 1. The summed E-state index contributed by atoms with van der Waals surface area (Å²) in [4.78, 5) is 12.1. The van der Waals surface area contributed by atoms with Crippen LogP contribution in [0.3, 0.4) is 0 Å². The average Bonchev–Trinajstić information content (AvgIpc) is 3.03. The van der Waals surface area contributed by atoms with Gasteiger partial charge < -0.3 is 9.15 Å². The maximum Gasteiger partial charge on any atom is 0.322 e. The van der Waals surface area contributed by atoms with Gasteiger partial charge in [0, 0.05) is 11.1 Å².